The zero-order chi connectivity index (χ0) is 23.7. The van der Waals surface area contributed by atoms with Gasteiger partial charge in [0.15, 0.2) is 5.92 Å². The molecule has 1 aromatic rings. The number of rotatable bonds is 12. The third kappa shape index (κ3) is 5.98. The van der Waals surface area contributed by atoms with Crippen LogP contribution in [0, 0.1) is 22.7 Å². The van der Waals surface area contributed by atoms with Gasteiger partial charge in [-0.2, -0.15) is 5.26 Å². The number of ether oxygens (including phenoxy) is 3. The van der Waals surface area contributed by atoms with Gasteiger partial charge in [0.05, 0.1) is 31.8 Å². The van der Waals surface area contributed by atoms with Gasteiger partial charge in [-0.3, -0.25) is 9.59 Å². The van der Waals surface area contributed by atoms with Gasteiger partial charge < -0.3 is 19.1 Å². The maximum absolute atomic E-state index is 12.9. The van der Waals surface area contributed by atoms with Crippen LogP contribution in [0.2, 0.25) is 0 Å². The lowest BCUT2D eigenvalue weighted by Gasteiger charge is -2.45. The molecule has 1 unspecified atom stereocenters. The predicted octanol–water partition coefficient (Wildman–Crippen LogP) is 3.57. The Kier molecular flexibility index (Phi) is 9.99. The van der Waals surface area contributed by atoms with Gasteiger partial charge in [0.25, 0.3) is 0 Å². The number of hydrogen-bond acceptors (Lipinski definition) is 7. The molecule has 0 fully saturated rings. The molecule has 0 aromatic heterocycles. The summed E-state index contributed by atoms with van der Waals surface area (Å²) in [5, 5.41) is 10.6. The number of carbonyl (C=O) groups is 2. The summed E-state index contributed by atoms with van der Waals surface area (Å²) in [6.07, 6.45) is 1.14. The first-order valence-electron chi connectivity index (χ1n) is 10.6. The van der Waals surface area contributed by atoms with Gasteiger partial charge >= 0.3 is 11.9 Å². The fourth-order valence-electron chi connectivity index (χ4n) is 4.04. The average molecular weight is 433 g/mol. The highest BCUT2D eigenvalue weighted by Crippen LogP contribution is 2.51. The number of nitriles is 1. The molecule has 0 aliphatic carbocycles. The maximum atomic E-state index is 12.9. The molecule has 7 nitrogen and oxygen atoms in total. The van der Waals surface area contributed by atoms with Crippen molar-refractivity contribution < 1.29 is 23.8 Å². The summed E-state index contributed by atoms with van der Waals surface area (Å²) < 4.78 is 15.9. The Morgan fingerprint density at radius 1 is 1.13 bits per heavy atom. The second kappa shape index (κ2) is 11.7. The Morgan fingerprint density at radius 2 is 1.71 bits per heavy atom. The predicted molar refractivity (Wildman–Crippen MR) is 119 cm³/mol. The highest BCUT2D eigenvalue weighted by Gasteiger charge is 2.57. The molecule has 0 heterocycles. The first-order chi connectivity index (χ1) is 14.6. The first kappa shape index (κ1) is 26.4. The molecular weight excluding hydrogens is 396 g/mol. The summed E-state index contributed by atoms with van der Waals surface area (Å²) in [6, 6.07) is 9.74. The lowest BCUT2D eigenvalue weighted by molar-refractivity contribution is -0.169. The van der Waals surface area contributed by atoms with E-state index in [1.165, 1.54) is 0 Å². The van der Waals surface area contributed by atoms with E-state index in [0.717, 1.165) is 6.54 Å². The van der Waals surface area contributed by atoms with Crippen LogP contribution in [-0.2, 0) is 24.5 Å². The summed E-state index contributed by atoms with van der Waals surface area (Å²) in [5.74, 6) is -2.01. The molecule has 0 spiro atoms. The number of nitrogens with zero attached hydrogens (tertiary/aromatic N) is 2. The fourth-order valence-corrected chi connectivity index (χ4v) is 4.04. The Balaban J connectivity index is 3.68. The summed E-state index contributed by atoms with van der Waals surface area (Å²) in [6.45, 7) is 7.92. The van der Waals surface area contributed by atoms with Crippen LogP contribution >= 0.6 is 0 Å². The Labute approximate surface area is 186 Å². The fraction of sp³-hybridized carbons (Fsp3) is 0.625. The Bertz CT molecular complexity index is 766. The molecule has 0 radical (unpaired) electrons. The van der Waals surface area contributed by atoms with Crippen molar-refractivity contribution in [2.45, 2.75) is 46.0 Å². The highest BCUT2D eigenvalue weighted by atomic mass is 16.6. The van der Waals surface area contributed by atoms with Gasteiger partial charge in [0.1, 0.15) is 5.75 Å². The number of hydrogen-bond donors (Lipinski definition) is 0. The smallest absolute Gasteiger partial charge is 0.320 e. The van der Waals surface area contributed by atoms with Gasteiger partial charge in [0.2, 0.25) is 0 Å². The average Bonchev–Trinajstić information content (AvgIpc) is 2.71. The summed E-state index contributed by atoms with van der Waals surface area (Å²) in [7, 11) is 5.49. The van der Waals surface area contributed by atoms with Crippen LogP contribution < -0.4 is 4.74 Å². The second-order valence-corrected chi connectivity index (χ2v) is 8.31. The monoisotopic (exact) mass is 432 g/mol. The van der Waals surface area contributed by atoms with Crippen LogP contribution in [0.5, 0.6) is 5.75 Å². The summed E-state index contributed by atoms with van der Waals surface area (Å²) >= 11 is 0. The molecule has 7 heteroatoms. The van der Waals surface area contributed by atoms with E-state index in [4.69, 9.17) is 14.2 Å². The van der Waals surface area contributed by atoms with E-state index in [-0.39, 0.29) is 13.2 Å². The molecule has 1 aromatic carbocycles. The molecule has 1 atom stereocenters. The number of benzene rings is 1. The van der Waals surface area contributed by atoms with E-state index in [1.54, 1.807) is 46.9 Å². The van der Waals surface area contributed by atoms with Gasteiger partial charge in [-0.1, -0.05) is 26.0 Å². The Morgan fingerprint density at radius 3 is 2.16 bits per heavy atom. The number of carbonyl (C=O) groups excluding carboxylic acids is 2. The third-order valence-electron chi connectivity index (χ3n) is 5.78. The van der Waals surface area contributed by atoms with Crippen molar-refractivity contribution in [1.29, 1.82) is 5.26 Å². The lowest BCUT2D eigenvalue weighted by Crippen LogP contribution is -2.52. The number of methoxy groups -OCH3 is 1. The Hall–Kier alpha value is -2.59. The largest absolute Gasteiger partial charge is 0.497 e. The molecule has 0 saturated heterocycles. The van der Waals surface area contributed by atoms with Crippen LogP contribution in [0.1, 0.15) is 46.1 Å². The molecule has 0 bridgehead atoms. The van der Waals surface area contributed by atoms with Crippen molar-refractivity contribution in [3.8, 4) is 11.8 Å². The van der Waals surface area contributed by atoms with Crippen molar-refractivity contribution >= 4 is 11.9 Å². The molecule has 0 N–H and O–H groups in total. The SMILES string of the molecule is CCOC(=O)C(C(=O)OCC)C(C)(C)C(C#N)(CCCN(C)C)c1cccc(OC)c1. The van der Waals surface area contributed by atoms with Gasteiger partial charge in [-0.15, -0.1) is 0 Å². The quantitative estimate of drug-likeness (QED) is 0.368. The lowest BCUT2D eigenvalue weighted by atomic mass is 9.55. The minimum absolute atomic E-state index is 0.129. The van der Waals surface area contributed by atoms with Gasteiger partial charge in [0, 0.05) is 5.41 Å². The van der Waals surface area contributed by atoms with E-state index >= 15 is 0 Å². The maximum Gasteiger partial charge on any atom is 0.320 e. The molecule has 1 rings (SSSR count). The second-order valence-electron chi connectivity index (χ2n) is 8.31. The van der Waals surface area contributed by atoms with E-state index in [9.17, 15) is 14.9 Å². The van der Waals surface area contributed by atoms with Crippen LogP contribution in [0.25, 0.3) is 0 Å². The molecular formula is C24H36N2O5. The molecule has 0 amide bonds. The van der Waals surface area contributed by atoms with Gasteiger partial charge in [-0.25, -0.2) is 0 Å². The van der Waals surface area contributed by atoms with Crippen LogP contribution in [0.4, 0.5) is 0 Å². The van der Waals surface area contributed by atoms with Crippen molar-refractivity contribution in [2.75, 3.05) is 41.0 Å². The van der Waals surface area contributed by atoms with Crippen LogP contribution in [0.15, 0.2) is 24.3 Å². The first-order valence-corrected chi connectivity index (χ1v) is 10.6. The van der Waals surface area contributed by atoms with Gasteiger partial charge in [-0.05, 0) is 65.0 Å². The van der Waals surface area contributed by atoms with Crippen molar-refractivity contribution in [3.63, 3.8) is 0 Å². The minimum atomic E-state index is -1.25. The molecule has 0 aliphatic heterocycles. The summed E-state index contributed by atoms with van der Waals surface area (Å²) in [4.78, 5) is 27.9. The van der Waals surface area contributed by atoms with Crippen LogP contribution in [0.3, 0.4) is 0 Å². The van der Waals surface area contributed by atoms with E-state index in [2.05, 4.69) is 6.07 Å². The van der Waals surface area contributed by atoms with E-state index in [0.29, 0.717) is 24.2 Å². The van der Waals surface area contributed by atoms with E-state index in [1.807, 2.05) is 31.1 Å². The molecule has 0 aliphatic rings. The number of esters is 2. The summed E-state index contributed by atoms with van der Waals surface area (Å²) in [5.41, 5.74) is -1.60. The van der Waals surface area contributed by atoms with Crippen molar-refractivity contribution in [3.05, 3.63) is 29.8 Å². The zero-order valence-corrected chi connectivity index (χ0v) is 19.9. The van der Waals surface area contributed by atoms with Crippen molar-refractivity contribution in [2.24, 2.45) is 11.3 Å². The zero-order valence-electron chi connectivity index (χ0n) is 19.9. The van der Waals surface area contributed by atoms with Crippen LogP contribution in [-0.4, -0.2) is 57.8 Å². The third-order valence-corrected chi connectivity index (χ3v) is 5.78. The molecule has 31 heavy (non-hydrogen) atoms. The molecule has 172 valence electrons. The van der Waals surface area contributed by atoms with Crippen molar-refractivity contribution in [1.82, 2.24) is 4.90 Å². The highest BCUT2D eigenvalue weighted by molar-refractivity contribution is 5.96. The van der Waals surface area contributed by atoms with E-state index < -0.39 is 28.7 Å². The minimum Gasteiger partial charge on any atom is -0.497 e. The normalized spacial score (nSPS) is 13.4. The standard InChI is InChI=1S/C24H36N2O5/c1-8-30-21(27)20(22(28)31-9-2)23(3,4)24(17-25,14-11-15-26(5)6)18-12-10-13-19(16-18)29-7/h10,12-13,16,20H,8-9,11,14-15H2,1-7H3. The molecule has 0 saturated carbocycles. The topological polar surface area (TPSA) is 88.9 Å².